The van der Waals surface area contributed by atoms with Gasteiger partial charge in [0.15, 0.2) is 18.0 Å². The average molecular weight is 358 g/mol. The van der Waals surface area contributed by atoms with Crippen LogP contribution in [0, 0.1) is 0 Å². The third-order valence-electron chi connectivity index (χ3n) is 3.59. The van der Waals surface area contributed by atoms with Gasteiger partial charge in [-0.2, -0.15) is 0 Å². The van der Waals surface area contributed by atoms with E-state index in [0.29, 0.717) is 11.1 Å². The molecule has 3 aromatic rings. The Labute approximate surface area is 146 Å². The van der Waals surface area contributed by atoms with E-state index in [1.54, 1.807) is 24.3 Å². The smallest absolute Gasteiger partial charge is 0.420 e. The summed E-state index contributed by atoms with van der Waals surface area (Å²) in [6.07, 6.45) is 1.29. The molecular weight excluding hydrogens is 344 g/mol. The molecule has 134 valence electrons. The minimum Gasteiger partial charge on any atom is -0.459 e. The number of ether oxygens (including phenoxy) is 1. The van der Waals surface area contributed by atoms with Crippen molar-refractivity contribution in [3.05, 3.63) is 59.0 Å². The lowest BCUT2D eigenvalue weighted by molar-refractivity contribution is -0.151. The van der Waals surface area contributed by atoms with E-state index < -0.39 is 36.2 Å². The summed E-state index contributed by atoms with van der Waals surface area (Å²) >= 11 is 0. The van der Waals surface area contributed by atoms with Crippen LogP contribution in [0.15, 0.2) is 56.3 Å². The topological polar surface area (TPSA) is 121 Å². The quantitative estimate of drug-likeness (QED) is 0.681. The molecule has 0 spiro atoms. The molecule has 0 aliphatic rings. The van der Waals surface area contributed by atoms with Crippen molar-refractivity contribution in [2.45, 2.75) is 13.0 Å². The maximum atomic E-state index is 12.1. The number of benzene rings is 1. The second-order valence-corrected chi connectivity index (χ2v) is 5.34. The van der Waals surface area contributed by atoms with E-state index in [1.165, 1.54) is 25.3 Å². The molecule has 1 unspecified atom stereocenters. The van der Waals surface area contributed by atoms with Crippen LogP contribution in [0.25, 0.3) is 11.1 Å². The number of oxazole rings is 1. The fraction of sp³-hybridized carbons (Fsp3) is 0.176. The number of furan rings is 1. The number of amides is 2. The monoisotopic (exact) mass is 358 g/mol. The summed E-state index contributed by atoms with van der Waals surface area (Å²) in [7, 11) is 0. The molecule has 2 aromatic heterocycles. The van der Waals surface area contributed by atoms with Crippen molar-refractivity contribution >= 4 is 28.9 Å². The highest BCUT2D eigenvalue weighted by molar-refractivity contribution is 6.03. The average Bonchev–Trinajstić information content (AvgIpc) is 3.26. The van der Waals surface area contributed by atoms with Gasteiger partial charge in [-0.25, -0.2) is 9.59 Å². The van der Waals surface area contributed by atoms with Crippen LogP contribution >= 0.6 is 0 Å². The Hall–Kier alpha value is -3.62. The van der Waals surface area contributed by atoms with Crippen LogP contribution in [-0.2, 0) is 14.3 Å². The Morgan fingerprint density at radius 3 is 2.69 bits per heavy atom. The number of rotatable bonds is 5. The molecule has 0 fully saturated rings. The summed E-state index contributed by atoms with van der Waals surface area (Å²) in [5, 5.41) is 2.02. The summed E-state index contributed by atoms with van der Waals surface area (Å²) in [6.45, 7) is 0.762. The van der Waals surface area contributed by atoms with Gasteiger partial charge >= 0.3 is 11.7 Å². The molecule has 26 heavy (non-hydrogen) atoms. The molecule has 1 N–H and O–H groups in total. The van der Waals surface area contributed by atoms with Crippen molar-refractivity contribution in [3.8, 4) is 0 Å². The van der Waals surface area contributed by atoms with Crippen molar-refractivity contribution < 1.29 is 28.0 Å². The van der Waals surface area contributed by atoms with Crippen molar-refractivity contribution in [2.24, 2.45) is 0 Å². The number of imide groups is 1. The number of hydrogen-bond acceptors (Lipinski definition) is 7. The van der Waals surface area contributed by atoms with E-state index in [4.69, 9.17) is 13.6 Å². The first kappa shape index (κ1) is 17.2. The van der Waals surface area contributed by atoms with Gasteiger partial charge in [-0.1, -0.05) is 12.1 Å². The first-order chi connectivity index (χ1) is 12.5. The Balaban J connectivity index is 1.62. The molecule has 3 rings (SSSR count). The molecule has 0 radical (unpaired) electrons. The summed E-state index contributed by atoms with van der Waals surface area (Å²) in [4.78, 5) is 47.5. The van der Waals surface area contributed by atoms with E-state index in [0.717, 1.165) is 4.57 Å². The third kappa shape index (κ3) is 3.41. The van der Waals surface area contributed by atoms with Crippen LogP contribution in [-0.4, -0.2) is 29.0 Å². The number of fused-ring (bicyclic) bond motifs is 1. The normalized spacial score (nSPS) is 11.9. The highest BCUT2D eigenvalue weighted by Gasteiger charge is 2.23. The molecule has 0 aliphatic heterocycles. The fourth-order valence-electron chi connectivity index (χ4n) is 2.35. The standard InChI is InChI=1S/C17H14N2O7/c1-10(19-11-5-2-3-6-12(11)26-17(19)23)16(22)25-9-14(20)18-15(21)13-7-4-8-24-13/h2-8,10H,9H2,1H3,(H,18,20,21). The van der Waals surface area contributed by atoms with Crippen LogP contribution in [0.1, 0.15) is 23.5 Å². The predicted molar refractivity (Wildman–Crippen MR) is 87.3 cm³/mol. The maximum Gasteiger partial charge on any atom is 0.420 e. The zero-order valence-corrected chi connectivity index (χ0v) is 13.6. The van der Waals surface area contributed by atoms with Gasteiger partial charge in [-0.3, -0.25) is 19.5 Å². The molecular formula is C17H14N2O7. The second-order valence-electron chi connectivity index (χ2n) is 5.34. The van der Waals surface area contributed by atoms with E-state index in [2.05, 4.69) is 0 Å². The van der Waals surface area contributed by atoms with Crippen LogP contribution < -0.4 is 11.1 Å². The van der Waals surface area contributed by atoms with Gasteiger partial charge < -0.3 is 13.6 Å². The Morgan fingerprint density at radius 2 is 1.96 bits per heavy atom. The number of esters is 1. The molecule has 0 saturated carbocycles. The molecule has 2 amide bonds. The van der Waals surface area contributed by atoms with Gasteiger partial charge in [0.05, 0.1) is 11.8 Å². The summed E-state index contributed by atoms with van der Waals surface area (Å²) < 4.78 is 15.9. The number of nitrogens with one attached hydrogen (secondary N) is 1. The van der Waals surface area contributed by atoms with Gasteiger partial charge in [0.1, 0.15) is 6.04 Å². The van der Waals surface area contributed by atoms with E-state index in [-0.39, 0.29) is 5.76 Å². The number of para-hydroxylation sites is 2. The zero-order chi connectivity index (χ0) is 18.7. The predicted octanol–water partition coefficient (Wildman–Crippen LogP) is 1.25. The molecule has 2 heterocycles. The molecule has 0 bridgehead atoms. The minimum absolute atomic E-state index is 0.0468. The number of hydrogen-bond donors (Lipinski definition) is 1. The Morgan fingerprint density at radius 1 is 1.19 bits per heavy atom. The highest BCUT2D eigenvalue weighted by atomic mass is 16.5. The molecule has 0 saturated heterocycles. The van der Waals surface area contributed by atoms with Gasteiger partial charge in [-0.05, 0) is 31.2 Å². The summed E-state index contributed by atoms with van der Waals surface area (Å²) in [5.41, 5.74) is 0.762. The van der Waals surface area contributed by atoms with Crippen LogP contribution in [0.2, 0.25) is 0 Å². The molecule has 1 atom stereocenters. The van der Waals surface area contributed by atoms with Crippen LogP contribution in [0.5, 0.6) is 0 Å². The van der Waals surface area contributed by atoms with E-state index in [1.807, 2.05) is 5.32 Å². The lowest BCUT2D eigenvalue weighted by Gasteiger charge is -2.12. The summed E-state index contributed by atoms with van der Waals surface area (Å²) in [5.74, 6) is -3.15. The first-order valence-electron chi connectivity index (χ1n) is 7.62. The van der Waals surface area contributed by atoms with Crippen molar-refractivity contribution in [3.63, 3.8) is 0 Å². The Bertz CT molecular complexity index is 1010. The number of carbonyl (C=O) groups is 3. The van der Waals surface area contributed by atoms with E-state index >= 15 is 0 Å². The molecule has 0 aliphatic carbocycles. The van der Waals surface area contributed by atoms with Gasteiger partial charge in [-0.15, -0.1) is 0 Å². The molecule has 9 heteroatoms. The first-order valence-corrected chi connectivity index (χ1v) is 7.62. The number of aromatic nitrogens is 1. The third-order valence-corrected chi connectivity index (χ3v) is 3.59. The van der Waals surface area contributed by atoms with E-state index in [9.17, 15) is 19.2 Å². The largest absolute Gasteiger partial charge is 0.459 e. The SMILES string of the molecule is CC(C(=O)OCC(=O)NC(=O)c1ccco1)n1c(=O)oc2ccccc21. The van der Waals surface area contributed by atoms with Crippen LogP contribution in [0.3, 0.4) is 0 Å². The maximum absolute atomic E-state index is 12.1. The lowest BCUT2D eigenvalue weighted by Crippen LogP contribution is -2.35. The Kier molecular flexibility index (Phi) is 4.70. The molecule has 9 nitrogen and oxygen atoms in total. The number of nitrogens with zero attached hydrogens (tertiary/aromatic N) is 1. The minimum atomic E-state index is -1.01. The lowest BCUT2D eigenvalue weighted by atomic mass is 10.3. The van der Waals surface area contributed by atoms with Gasteiger partial charge in [0.25, 0.3) is 11.8 Å². The zero-order valence-electron chi connectivity index (χ0n) is 13.6. The van der Waals surface area contributed by atoms with Gasteiger partial charge in [0, 0.05) is 0 Å². The van der Waals surface area contributed by atoms with Crippen molar-refractivity contribution in [2.75, 3.05) is 6.61 Å². The summed E-state index contributed by atoms with van der Waals surface area (Å²) in [6, 6.07) is 8.47. The van der Waals surface area contributed by atoms with Crippen molar-refractivity contribution in [1.82, 2.24) is 9.88 Å². The molecule has 1 aromatic carbocycles. The highest BCUT2D eigenvalue weighted by Crippen LogP contribution is 2.17. The second kappa shape index (κ2) is 7.09. The van der Waals surface area contributed by atoms with Crippen LogP contribution in [0.4, 0.5) is 0 Å². The van der Waals surface area contributed by atoms with Gasteiger partial charge in [0.2, 0.25) is 0 Å². The fourth-order valence-corrected chi connectivity index (χ4v) is 2.35. The number of carbonyl (C=O) groups excluding carboxylic acids is 3. The van der Waals surface area contributed by atoms with Crippen molar-refractivity contribution in [1.29, 1.82) is 0 Å².